The van der Waals surface area contributed by atoms with Gasteiger partial charge in [-0.1, -0.05) is 50.2 Å². The number of nitrogens with one attached hydrogen (secondary N) is 1. The molecule has 1 atom stereocenters. The number of rotatable bonds is 11. The van der Waals surface area contributed by atoms with E-state index in [0.29, 0.717) is 30.0 Å². The van der Waals surface area contributed by atoms with Crippen molar-refractivity contribution in [1.82, 2.24) is 10.2 Å². The van der Waals surface area contributed by atoms with Crippen LogP contribution in [-0.2, 0) is 24.2 Å². The summed E-state index contributed by atoms with van der Waals surface area (Å²) in [6.07, 6.45) is 0.367. The molecule has 0 bridgehead atoms. The molecule has 3 aromatic rings. The normalized spacial score (nSPS) is 11.3. The zero-order chi connectivity index (χ0) is 29.1. The number of hydrogen-bond donors (Lipinski definition) is 2. The first-order valence-electron chi connectivity index (χ1n) is 12.6. The van der Waals surface area contributed by atoms with E-state index in [-0.39, 0.29) is 6.42 Å². The third-order valence-corrected chi connectivity index (χ3v) is 5.82. The lowest BCUT2D eigenvalue weighted by atomic mass is 9.96. The molecular weight excluding hydrogens is 506 g/mol. The van der Waals surface area contributed by atoms with Crippen LogP contribution < -0.4 is 14.8 Å². The van der Waals surface area contributed by atoms with Crippen LogP contribution >= 0.6 is 0 Å². The Bertz CT molecular complexity index is 1260. The second kappa shape index (κ2) is 14.8. The molecule has 210 valence electrons. The first-order valence-corrected chi connectivity index (χ1v) is 12.6. The van der Waals surface area contributed by atoms with Crippen molar-refractivity contribution in [2.45, 2.75) is 39.3 Å². The maximum atomic E-state index is 14.0. The zero-order valence-corrected chi connectivity index (χ0v) is 23.2. The first-order chi connectivity index (χ1) is 18.6. The van der Waals surface area contributed by atoms with Crippen LogP contribution in [0, 0.1) is 11.6 Å². The SMILES string of the molecule is CC.COc1ccc(CN(C)C)c(OC)c1Cc1cccc(C[C@H](NC(=O)c2c(F)cccc2F)C(=O)O)c1. The number of nitrogens with zero attached hydrogens (tertiary/aromatic N) is 1. The second-order valence-corrected chi connectivity index (χ2v) is 8.84. The Hall–Kier alpha value is -3.98. The minimum absolute atomic E-state index is 0.0834. The zero-order valence-electron chi connectivity index (χ0n) is 23.2. The van der Waals surface area contributed by atoms with Gasteiger partial charge in [-0.3, -0.25) is 4.79 Å². The van der Waals surface area contributed by atoms with Gasteiger partial charge >= 0.3 is 5.97 Å². The van der Waals surface area contributed by atoms with E-state index in [0.717, 1.165) is 34.9 Å². The van der Waals surface area contributed by atoms with Crippen LogP contribution in [-0.4, -0.2) is 56.2 Å². The highest BCUT2D eigenvalue weighted by atomic mass is 19.1. The summed E-state index contributed by atoms with van der Waals surface area (Å²) in [5.74, 6) is -3.22. The quantitative estimate of drug-likeness (QED) is 0.351. The summed E-state index contributed by atoms with van der Waals surface area (Å²) >= 11 is 0. The van der Waals surface area contributed by atoms with Crippen LogP contribution in [0.3, 0.4) is 0 Å². The van der Waals surface area contributed by atoms with Crippen molar-refractivity contribution >= 4 is 11.9 Å². The lowest BCUT2D eigenvalue weighted by Crippen LogP contribution is -2.43. The molecule has 7 nitrogen and oxygen atoms in total. The van der Waals surface area contributed by atoms with E-state index in [4.69, 9.17) is 9.47 Å². The van der Waals surface area contributed by atoms with Crippen molar-refractivity contribution in [1.29, 1.82) is 0 Å². The lowest BCUT2D eigenvalue weighted by molar-refractivity contribution is -0.139. The fourth-order valence-electron chi connectivity index (χ4n) is 4.19. The number of carbonyl (C=O) groups excluding carboxylic acids is 1. The molecule has 0 spiro atoms. The Labute approximate surface area is 228 Å². The number of halogens is 2. The molecule has 1 amide bonds. The fraction of sp³-hybridized carbons (Fsp3) is 0.333. The van der Waals surface area contributed by atoms with Gasteiger partial charge in [-0.15, -0.1) is 0 Å². The molecule has 9 heteroatoms. The molecule has 3 aromatic carbocycles. The van der Waals surface area contributed by atoms with Gasteiger partial charge in [0.1, 0.15) is 34.7 Å². The second-order valence-electron chi connectivity index (χ2n) is 8.84. The topological polar surface area (TPSA) is 88.1 Å². The molecule has 0 fully saturated rings. The molecule has 0 aliphatic heterocycles. The molecule has 3 rings (SSSR count). The summed E-state index contributed by atoms with van der Waals surface area (Å²) in [5.41, 5.74) is 2.51. The maximum Gasteiger partial charge on any atom is 0.326 e. The predicted molar refractivity (Wildman–Crippen MR) is 146 cm³/mol. The summed E-state index contributed by atoms with van der Waals surface area (Å²) < 4.78 is 39.3. The van der Waals surface area contributed by atoms with Gasteiger partial charge < -0.3 is 24.8 Å². The summed E-state index contributed by atoms with van der Waals surface area (Å²) in [6.45, 7) is 4.67. The van der Waals surface area contributed by atoms with Crippen LogP contribution in [0.5, 0.6) is 11.5 Å². The molecule has 39 heavy (non-hydrogen) atoms. The molecule has 0 unspecified atom stereocenters. The van der Waals surface area contributed by atoms with E-state index < -0.39 is 35.1 Å². The molecular formula is C30H36F2N2O5. The molecule has 0 aromatic heterocycles. The first kappa shape index (κ1) is 31.2. The van der Waals surface area contributed by atoms with Gasteiger partial charge in [-0.05, 0) is 43.4 Å². The van der Waals surface area contributed by atoms with E-state index in [1.807, 2.05) is 57.1 Å². The molecule has 0 aliphatic rings. The van der Waals surface area contributed by atoms with Crippen molar-refractivity contribution in [2.24, 2.45) is 0 Å². The molecule has 0 heterocycles. The van der Waals surface area contributed by atoms with Gasteiger partial charge in [0.25, 0.3) is 5.91 Å². The minimum atomic E-state index is -1.39. The van der Waals surface area contributed by atoms with E-state index in [9.17, 15) is 23.5 Å². The van der Waals surface area contributed by atoms with Gasteiger partial charge in [-0.25, -0.2) is 13.6 Å². The number of carbonyl (C=O) groups is 2. The minimum Gasteiger partial charge on any atom is -0.496 e. The number of methoxy groups -OCH3 is 2. The average molecular weight is 543 g/mol. The van der Waals surface area contributed by atoms with Crippen molar-refractivity contribution in [3.63, 3.8) is 0 Å². The van der Waals surface area contributed by atoms with Crippen LogP contribution in [0.25, 0.3) is 0 Å². The Balaban J connectivity index is 0.00000260. The van der Waals surface area contributed by atoms with Crippen LogP contribution in [0.2, 0.25) is 0 Å². The van der Waals surface area contributed by atoms with Crippen LogP contribution in [0.15, 0.2) is 54.6 Å². The van der Waals surface area contributed by atoms with Crippen molar-refractivity contribution in [2.75, 3.05) is 28.3 Å². The number of carboxylic acid groups (broad SMARTS) is 1. The number of aliphatic carboxylic acids is 1. The molecule has 0 aliphatic carbocycles. The van der Waals surface area contributed by atoms with Gasteiger partial charge in [0.15, 0.2) is 0 Å². The third-order valence-electron chi connectivity index (χ3n) is 5.82. The average Bonchev–Trinajstić information content (AvgIpc) is 2.89. The summed E-state index contributed by atoms with van der Waals surface area (Å²) in [7, 11) is 7.11. The van der Waals surface area contributed by atoms with Crippen LogP contribution in [0.1, 0.15) is 46.5 Å². The molecule has 0 radical (unpaired) electrons. The van der Waals surface area contributed by atoms with Crippen molar-refractivity contribution < 1.29 is 33.0 Å². The van der Waals surface area contributed by atoms with Gasteiger partial charge in [0, 0.05) is 30.5 Å². The highest BCUT2D eigenvalue weighted by molar-refractivity contribution is 5.97. The van der Waals surface area contributed by atoms with Crippen molar-refractivity contribution in [3.05, 3.63) is 94.0 Å². The van der Waals surface area contributed by atoms with Gasteiger partial charge in [0.2, 0.25) is 0 Å². The standard InChI is InChI=1S/C28H30F2N2O5.C2H6/c1-32(2)16-19-11-12-24(36-3)20(26(19)37-4)14-17-7-5-8-18(13-17)15-23(28(34)35)31-27(33)25-21(29)9-6-10-22(25)30;1-2/h5-13,23H,14-16H2,1-4H3,(H,31,33)(H,34,35);1-2H3/t23-;/m0./s1. The monoisotopic (exact) mass is 542 g/mol. The largest absolute Gasteiger partial charge is 0.496 e. The Morgan fingerprint density at radius 1 is 0.949 bits per heavy atom. The van der Waals surface area contributed by atoms with E-state index >= 15 is 0 Å². The van der Waals surface area contributed by atoms with Gasteiger partial charge in [-0.2, -0.15) is 0 Å². The molecule has 0 saturated heterocycles. The number of benzene rings is 3. The summed E-state index contributed by atoms with van der Waals surface area (Å²) in [6, 6.07) is 12.7. The third kappa shape index (κ3) is 8.25. The van der Waals surface area contributed by atoms with Crippen LogP contribution in [0.4, 0.5) is 8.78 Å². The number of ether oxygens (including phenoxy) is 2. The van der Waals surface area contributed by atoms with E-state index in [1.54, 1.807) is 26.4 Å². The maximum absolute atomic E-state index is 14.0. The highest BCUT2D eigenvalue weighted by Gasteiger charge is 2.25. The summed E-state index contributed by atoms with van der Waals surface area (Å²) in [5, 5.41) is 11.9. The van der Waals surface area contributed by atoms with Gasteiger partial charge in [0.05, 0.1) is 14.2 Å². The Morgan fingerprint density at radius 2 is 1.56 bits per heavy atom. The summed E-state index contributed by atoms with van der Waals surface area (Å²) in [4.78, 5) is 26.4. The lowest BCUT2D eigenvalue weighted by Gasteiger charge is -2.20. The van der Waals surface area contributed by atoms with Crippen molar-refractivity contribution in [3.8, 4) is 11.5 Å². The number of hydrogen-bond acceptors (Lipinski definition) is 5. The van der Waals surface area contributed by atoms with E-state index in [1.165, 1.54) is 0 Å². The fourth-order valence-corrected chi connectivity index (χ4v) is 4.19. The number of carboxylic acids is 1. The number of amides is 1. The predicted octanol–water partition coefficient (Wildman–Crippen LogP) is 5.09. The Kier molecular flexibility index (Phi) is 11.9. The highest BCUT2D eigenvalue weighted by Crippen LogP contribution is 2.35. The smallest absolute Gasteiger partial charge is 0.326 e. The molecule has 2 N–H and O–H groups in total. The molecule has 0 saturated carbocycles. The Morgan fingerprint density at radius 3 is 2.13 bits per heavy atom. The van der Waals surface area contributed by atoms with E-state index in [2.05, 4.69) is 5.32 Å².